The fourth-order valence-corrected chi connectivity index (χ4v) is 3.63. The lowest BCUT2D eigenvalue weighted by molar-refractivity contribution is -0.135. The highest BCUT2D eigenvalue weighted by atomic mass is 32.1. The summed E-state index contributed by atoms with van der Waals surface area (Å²) in [5, 5.41) is 2.65. The minimum Gasteiger partial charge on any atom is -0.467 e. The molecule has 30 heavy (non-hydrogen) atoms. The van der Waals surface area contributed by atoms with E-state index in [9.17, 15) is 18.8 Å². The number of esters is 1. The van der Waals surface area contributed by atoms with E-state index < -0.39 is 23.3 Å². The first-order valence-corrected chi connectivity index (χ1v) is 9.93. The van der Waals surface area contributed by atoms with Gasteiger partial charge in [-0.1, -0.05) is 18.2 Å². The lowest BCUT2D eigenvalue weighted by Crippen LogP contribution is -2.38. The number of hydrogen-bond acceptors (Lipinski definition) is 6. The minimum atomic E-state index is -0.638. The van der Waals surface area contributed by atoms with Crippen molar-refractivity contribution < 1.29 is 23.1 Å². The van der Waals surface area contributed by atoms with E-state index in [2.05, 4.69) is 5.32 Å². The number of thiazole rings is 1. The third kappa shape index (κ3) is 5.32. The first-order chi connectivity index (χ1) is 14.5. The van der Waals surface area contributed by atoms with Gasteiger partial charge in [-0.3, -0.25) is 14.2 Å². The van der Waals surface area contributed by atoms with Crippen LogP contribution in [0, 0.1) is 5.82 Å². The van der Waals surface area contributed by atoms with Crippen molar-refractivity contribution in [2.75, 3.05) is 6.61 Å². The summed E-state index contributed by atoms with van der Waals surface area (Å²) < 4.78 is 25.6. The molecule has 3 aromatic rings. The summed E-state index contributed by atoms with van der Waals surface area (Å²) in [5.41, 5.74) is -0.278. The van der Waals surface area contributed by atoms with Crippen molar-refractivity contribution in [3.8, 4) is 0 Å². The predicted octanol–water partition coefficient (Wildman–Crippen LogP) is 1.13. The van der Waals surface area contributed by atoms with Crippen LogP contribution in [-0.4, -0.2) is 23.1 Å². The van der Waals surface area contributed by atoms with Crippen LogP contribution in [0.15, 0.2) is 51.9 Å². The molecule has 0 fully saturated rings. The van der Waals surface area contributed by atoms with E-state index in [1.807, 2.05) is 0 Å². The van der Waals surface area contributed by atoms with E-state index >= 15 is 0 Å². The highest BCUT2D eigenvalue weighted by Gasteiger charge is 2.12. The van der Waals surface area contributed by atoms with Gasteiger partial charge in [0.15, 0.2) is 0 Å². The van der Waals surface area contributed by atoms with E-state index in [4.69, 9.17) is 9.15 Å². The van der Waals surface area contributed by atoms with Crippen LogP contribution in [0.3, 0.4) is 0 Å². The first-order valence-electron chi connectivity index (χ1n) is 9.11. The van der Waals surface area contributed by atoms with Gasteiger partial charge in [0.25, 0.3) is 5.56 Å². The maximum absolute atomic E-state index is 14.0. The number of rotatable bonds is 7. The Labute approximate surface area is 174 Å². The fourth-order valence-electron chi connectivity index (χ4n) is 2.61. The van der Waals surface area contributed by atoms with E-state index in [-0.39, 0.29) is 34.5 Å². The van der Waals surface area contributed by atoms with E-state index in [0.29, 0.717) is 5.76 Å². The molecular formula is C21H19FN2O5S. The van der Waals surface area contributed by atoms with Gasteiger partial charge < -0.3 is 14.5 Å². The maximum Gasteiger partial charge on any atom is 0.333 e. The zero-order chi connectivity index (χ0) is 21.5. The average molecular weight is 430 g/mol. The van der Waals surface area contributed by atoms with Crippen LogP contribution in [0.1, 0.15) is 18.2 Å². The summed E-state index contributed by atoms with van der Waals surface area (Å²) in [7, 11) is 0. The van der Waals surface area contributed by atoms with Crippen molar-refractivity contribution in [1.82, 2.24) is 9.88 Å². The molecule has 0 unspecified atom stereocenters. The molecule has 2 heterocycles. The molecule has 2 aromatic heterocycles. The highest BCUT2D eigenvalue weighted by molar-refractivity contribution is 7.07. The van der Waals surface area contributed by atoms with Gasteiger partial charge in [0.05, 0.1) is 30.0 Å². The number of carbonyl (C=O) groups excluding carboxylic acids is 2. The molecule has 0 aliphatic carbocycles. The molecule has 0 bridgehead atoms. The Morgan fingerprint density at radius 2 is 2.07 bits per heavy atom. The number of furan rings is 1. The molecule has 0 saturated heterocycles. The Kier molecular flexibility index (Phi) is 6.97. The van der Waals surface area contributed by atoms with Gasteiger partial charge in [-0.15, -0.1) is 11.3 Å². The molecule has 0 aliphatic heterocycles. The average Bonchev–Trinajstić information content (AvgIpc) is 3.33. The summed E-state index contributed by atoms with van der Waals surface area (Å²) in [6, 6.07) is 9.41. The molecule has 1 N–H and O–H groups in total. The molecule has 1 amide bonds. The monoisotopic (exact) mass is 430 g/mol. The Hall–Kier alpha value is -3.46. The van der Waals surface area contributed by atoms with Crippen LogP contribution >= 0.6 is 11.3 Å². The molecule has 0 radical (unpaired) electrons. The largest absolute Gasteiger partial charge is 0.467 e. The van der Waals surface area contributed by atoms with E-state index in [1.165, 1.54) is 24.5 Å². The summed E-state index contributed by atoms with van der Waals surface area (Å²) in [6.07, 6.45) is 4.03. The van der Waals surface area contributed by atoms with Gasteiger partial charge in [0.1, 0.15) is 22.8 Å². The number of nitrogens with one attached hydrogen (secondary N) is 1. The SMILES string of the molecule is CCOC(=O)C=c1sc(=Cc2ccccc2F)c(=O)n1CC(=O)NCc1ccco1. The second-order valence-electron chi connectivity index (χ2n) is 6.11. The van der Waals surface area contributed by atoms with Crippen LogP contribution in [0.5, 0.6) is 0 Å². The number of amides is 1. The zero-order valence-electron chi connectivity index (χ0n) is 16.1. The van der Waals surface area contributed by atoms with Crippen LogP contribution in [0.4, 0.5) is 4.39 Å². The Morgan fingerprint density at radius 1 is 1.27 bits per heavy atom. The second kappa shape index (κ2) is 9.84. The predicted molar refractivity (Wildman–Crippen MR) is 109 cm³/mol. The summed E-state index contributed by atoms with van der Waals surface area (Å²) in [6.45, 7) is 1.68. The third-order valence-electron chi connectivity index (χ3n) is 4.00. The van der Waals surface area contributed by atoms with Crippen LogP contribution in [-0.2, 0) is 27.4 Å². The van der Waals surface area contributed by atoms with Crippen molar-refractivity contribution in [1.29, 1.82) is 0 Å². The van der Waals surface area contributed by atoms with E-state index in [1.54, 1.807) is 31.2 Å². The van der Waals surface area contributed by atoms with Crippen molar-refractivity contribution in [2.45, 2.75) is 20.0 Å². The standard InChI is InChI=1S/C21H19FN2O5S/c1-2-28-20(26)11-19-24(13-18(25)23-12-15-7-5-9-29-15)21(27)17(30-19)10-14-6-3-4-8-16(14)22/h3-11H,2,12-13H2,1H3,(H,23,25). The molecule has 7 nitrogen and oxygen atoms in total. The van der Waals surface area contributed by atoms with Crippen molar-refractivity contribution in [3.05, 3.63) is 79.4 Å². The second-order valence-corrected chi connectivity index (χ2v) is 7.18. The number of benzene rings is 1. The third-order valence-corrected chi connectivity index (χ3v) is 5.06. The van der Waals surface area contributed by atoms with Gasteiger partial charge in [0.2, 0.25) is 5.91 Å². The number of hydrogen-bond donors (Lipinski definition) is 1. The molecule has 0 spiro atoms. The van der Waals surface area contributed by atoms with Crippen molar-refractivity contribution >= 4 is 35.4 Å². The van der Waals surface area contributed by atoms with Gasteiger partial charge in [0, 0.05) is 5.56 Å². The Balaban J connectivity index is 1.96. The fraction of sp³-hybridized carbons (Fsp3) is 0.190. The quantitative estimate of drug-likeness (QED) is 0.568. The van der Waals surface area contributed by atoms with Crippen LogP contribution in [0.2, 0.25) is 0 Å². The molecule has 3 rings (SSSR count). The van der Waals surface area contributed by atoms with E-state index in [0.717, 1.165) is 22.0 Å². The number of ether oxygens (including phenoxy) is 1. The number of carbonyl (C=O) groups is 2. The minimum absolute atomic E-state index is 0.163. The van der Waals surface area contributed by atoms with Gasteiger partial charge in [-0.05, 0) is 31.2 Å². The lowest BCUT2D eigenvalue weighted by Gasteiger charge is -2.04. The molecule has 156 valence electrons. The number of aromatic nitrogens is 1. The molecule has 0 atom stereocenters. The van der Waals surface area contributed by atoms with Gasteiger partial charge in [-0.2, -0.15) is 0 Å². The molecule has 9 heteroatoms. The van der Waals surface area contributed by atoms with Crippen molar-refractivity contribution in [3.63, 3.8) is 0 Å². The molecule has 0 saturated carbocycles. The topological polar surface area (TPSA) is 90.5 Å². The molecule has 1 aromatic carbocycles. The summed E-state index contributed by atoms with van der Waals surface area (Å²) in [5.74, 6) is -1.000. The number of nitrogens with zero attached hydrogens (tertiary/aromatic N) is 1. The first kappa shape index (κ1) is 21.3. The van der Waals surface area contributed by atoms with Gasteiger partial charge >= 0.3 is 5.97 Å². The molecule has 0 aliphatic rings. The summed E-state index contributed by atoms with van der Waals surface area (Å²) >= 11 is 0.975. The summed E-state index contributed by atoms with van der Waals surface area (Å²) in [4.78, 5) is 37.1. The van der Waals surface area contributed by atoms with Gasteiger partial charge in [-0.25, -0.2) is 9.18 Å². The maximum atomic E-state index is 14.0. The molecular weight excluding hydrogens is 411 g/mol. The zero-order valence-corrected chi connectivity index (χ0v) is 16.9. The smallest absolute Gasteiger partial charge is 0.333 e. The van der Waals surface area contributed by atoms with Crippen LogP contribution in [0.25, 0.3) is 12.2 Å². The normalized spacial score (nSPS) is 12.2. The lowest BCUT2D eigenvalue weighted by atomic mass is 10.2. The number of halogens is 1. The Bertz CT molecular complexity index is 1210. The Morgan fingerprint density at radius 3 is 2.77 bits per heavy atom. The van der Waals surface area contributed by atoms with Crippen LogP contribution < -0.4 is 20.1 Å². The highest BCUT2D eigenvalue weighted by Crippen LogP contribution is 2.06. The van der Waals surface area contributed by atoms with Crippen molar-refractivity contribution in [2.24, 2.45) is 0 Å².